The molecular weight excluding hydrogens is 174 g/mol. The van der Waals surface area contributed by atoms with Crippen molar-refractivity contribution >= 4 is 16.7 Å². The quantitative estimate of drug-likeness (QED) is 0.659. The van der Waals surface area contributed by atoms with E-state index in [1.165, 1.54) is 0 Å². The molecule has 2 rings (SSSR count). The zero-order chi connectivity index (χ0) is 10.1. The number of hydrogen-bond acceptors (Lipinski definition) is 1. The molecule has 0 unspecified atom stereocenters. The molecule has 0 bridgehead atoms. The maximum absolute atomic E-state index is 9.74. The van der Waals surface area contributed by atoms with Gasteiger partial charge in [0.25, 0.3) is 0 Å². The number of fused-ring (bicyclic) bond motifs is 1. The molecular formula is C12H13NO. The summed E-state index contributed by atoms with van der Waals surface area (Å²) in [5.41, 5.74) is 2.97. The number of para-hydroxylation sites is 1. The average Bonchev–Trinajstić information content (AvgIpc) is 2.53. The Hall–Kier alpha value is -1.70. The number of aromatic nitrogens is 1. The fourth-order valence-corrected chi connectivity index (χ4v) is 1.75. The van der Waals surface area contributed by atoms with Gasteiger partial charge in [0.05, 0.1) is 0 Å². The lowest BCUT2D eigenvalue weighted by Crippen LogP contribution is -1.83. The van der Waals surface area contributed by atoms with Crippen LogP contribution in [0.25, 0.3) is 16.7 Å². The molecule has 2 N–H and O–H groups in total. The minimum absolute atomic E-state index is 0.333. The van der Waals surface area contributed by atoms with Crippen LogP contribution < -0.4 is 0 Å². The zero-order valence-electron chi connectivity index (χ0n) is 8.33. The van der Waals surface area contributed by atoms with Crippen LogP contribution in [-0.4, -0.2) is 10.1 Å². The maximum Gasteiger partial charge on any atom is 0.120 e. The van der Waals surface area contributed by atoms with Gasteiger partial charge >= 0.3 is 0 Å². The summed E-state index contributed by atoms with van der Waals surface area (Å²) in [6.07, 6.45) is 1.71. The Morgan fingerprint density at radius 2 is 2.07 bits per heavy atom. The van der Waals surface area contributed by atoms with Crippen molar-refractivity contribution in [2.75, 3.05) is 0 Å². The fraction of sp³-hybridized carbons (Fsp3) is 0.167. The number of rotatable bonds is 1. The van der Waals surface area contributed by atoms with Crippen LogP contribution >= 0.6 is 0 Å². The molecule has 0 fully saturated rings. The van der Waals surface area contributed by atoms with E-state index in [4.69, 9.17) is 0 Å². The first-order chi connectivity index (χ1) is 6.74. The van der Waals surface area contributed by atoms with E-state index in [9.17, 15) is 5.11 Å². The summed E-state index contributed by atoms with van der Waals surface area (Å²) in [5.74, 6) is 0.333. The molecule has 0 saturated heterocycles. The molecule has 1 heterocycles. The Morgan fingerprint density at radius 3 is 2.79 bits per heavy atom. The zero-order valence-corrected chi connectivity index (χ0v) is 8.33. The topological polar surface area (TPSA) is 36.0 Å². The molecule has 1 aromatic carbocycles. The van der Waals surface area contributed by atoms with E-state index >= 15 is 0 Å². The predicted octanol–water partition coefficient (Wildman–Crippen LogP) is 3.40. The minimum Gasteiger partial charge on any atom is -0.508 e. The SMILES string of the molecule is C/C=C(/O)c1c(C)[nH]c2ccccc12. The van der Waals surface area contributed by atoms with Crippen LogP contribution in [0.4, 0.5) is 0 Å². The standard InChI is InChI=1S/C12H13NO/c1-3-11(14)12-8(2)13-10-7-5-4-6-9(10)12/h3-7,13-14H,1-2H3/b11-3+. The van der Waals surface area contributed by atoms with Crippen molar-refractivity contribution in [3.63, 3.8) is 0 Å². The first-order valence-electron chi connectivity index (χ1n) is 4.67. The van der Waals surface area contributed by atoms with Crippen LogP contribution in [0.15, 0.2) is 30.3 Å². The molecule has 2 aromatic rings. The van der Waals surface area contributed by atoms with Crippen LogP contribution in [0.1, 0.15) is 18.2 Å². The molecule has 2 nitrogen and oxygen atoms in total. The van der Waals surface area contributed by atoms with Gasteiger partial charge in [-0.3, -0.25) is 0 Å². The van der Waals surface area contributed by atoms with Gasteiger partial charge in [-0.2, -0.15) is 0 Å². The molecule has 0 spiro atoms. The van der Waals surface area contributed by atoms with Crippen molar-refractivity contribution in [2.45, 2.75) is 13.8 Å². The lowest BCUT2D eigenvalue weighted by molar-refractivity contribution is 0.511. The molecule has 0 aliphatic heterocycles. The van der Waals surface area contributed by atoms with Crippen molar-refractivity contribution in [3.05, 3.63) is 41.6 Å². The molecule has 0 aliphatic rings. The molecule has 1 aromatic heterocycles. The highest BCUT2D eigenvalue weighted by Crippen LogP contribution is 2.26. The van der Waals surface area contributed by atoms with E-state index in [1.807, 2.05) is 38.1 Å². The number of aryl methyl sites for hydroxylation is 1. The van der Waals surface area contributed by atoms with Gasteiger partial charge in [-0.25, -0.2) is 0 Å². The first-order valence-corrected chi connectivity index (χ1v) is 4.67. The number of aliphatic hydroxyl groups excluding tert-OH is 1. The van der Waals surface area contributed by atoms with Crippen LogP contribution in [0, 0.1) is 6.92 Å². The van der Waals surface area contributed by atoms with Crippen LogP contribution in [0.2, 0.25) is 0 Å². The average molecular weight is 187 g/mol. The highest BCUT2D eigenvalue weighted by atomic mass is 16.3. The third-order valence-electron chi connectivity index (χ3n) is 2.42. The van der Waals surface area contributed by atoms with E-state index in [0.29, 0.717) is 5.76 Å². The largest absolute Gasteiger partial charge is 0.508 e. The van der Waals surface area contributed by atoms with Crippen molar-refractivity contribution < 1.29 is 5.11 Å². The minimum atomic E-state index is 0.333. The van der Waals surface area contributed by atoms with Crippen molar-refractivity contribution in [1.29, 1.82) is 0 Å². The molecule has 0 radical (unpaired) electrons. The van der Waals surface area contributed by atoms with Gasteiger partial charge in [-0.15, -0.1) is 0 Å². The summed E-state index contributed by atoms with van der Waals surface area (Å²) < 4.78 is 0. The number of allylic oxidation sites excluding steroid dienone is 1. The van der Waals surface area contributed by atoms with Gasteiger partial charge in [0.2, 0.25) is 0 Å². The predicted molar refractivity (Wildman–Crippen MR) is 59.3 cm³/mol. The van der Waals surface area contributed by atoms with Gasteiger partial charge in [0, 0.05) is 22.2 Å². The molecule has 2 heteroatoms. The van der Waals surface area contributed by atoms with Gasteiger partial charge in [0.1, 0.15) is 5.76 Å². The third-order valence-corrected chi connectivity index (χ3v) is 2.42. The summed E-state index contributed by atoms with van der Waals surface area (Å²) in [5, 5.41) is 10.8. The lowest BCUT2D eigenvalue weighted by Gasteiger charge is -1.98. The molecule has 0 amide bonds. The van der Waals surface area contributed by atoms with Crippen molar-refractivity contribution in [2.24, 2.45) is 0 Å². The fourth-order valence-electron chi connectivity index (χ4n) is 1.75. The van der Waals surface area contributed by atoms with E-state index < -0.39 is 0 Å². The molecule has 0 atom stereocenters. The van der Waals surface area contributed by atoms with E-state index in [0.717, 1.165) is 22.2 Å². The summed E-state index contributed by atoms with van der Waals surface area (Å²) in [7, 11) is 0. The van der Waals surface area contributed by atoms with E-state index in [-0.39, 0.29) is 0 Å². The number of aliphatic hydroxyl groups is 1. The van der Waals surface area contributed by atoms with Crippen molar-refractivity contribution in [3.8, 4) is 0 Å². The number of H-pyrrole nitrogens is 1. The summed E-state index contributed by atoms with van der Waals surface area (Å²) >= 11 is 0. The second-order valence-corrected chi connectivity index (χ2v) is 3.34. The molecule has 14 heavy (non-hydrogen) atoms. The van der Waals surface area contributed by atoms with Gasteiger partial charge in [0.15, 0.2) is 0 Å². The summed E-state index contributed by atoms with van der Waals surface area (Å²) in [6, 6.07) is 7.97. The Kier molecular flexibility index (Phi) is 2.04. The number of nitrogens with one attached hydrogen (secondary N) is 1. The third kappa shape index (κ3) is 1.20. The van der Waals surface area contributed by atoms with Crippen LogP contribution in [0.5, 0.6) is 0 Å². The smallest absolute Gasteiger partial charge is 0.120 e. The summed E-state index contributed by atoms with van der Waals surface area (Å²) in [6.45, 7) is 3.80. The van der Waals surface area contributed by atoms with Gasteiger partial charge in [-0.05, 0) is 26.0 Å². The molecule has 72 valence electrons. The Bertz CT molecular complexity index is 494. The van der Waals surface area contributed by atoms with Gasteiger partial charge in [-0.1, -0.05) is 18.2 Å². The number of hydrogen-bond donors (Lipinski definition) is 2. The van der Waals surface area contributed by atoms with Gasteiger partial charge < -0.3 is 10.1 Å². The van der Waals surface area contributed by atoms with Crippen LogP contribution in [-0.2, 0) is 0 Å². The molecule has 0 saturated carbocycles. The lowest BCUT2D eigenvalue weighted by atomic mass is 10.1. The van der Waals surface area contributed by atoms with E-state index in [2.05, 4.69) is 4.98 Å². The maximum atomic E-state index is 9.74. The first kappa shape index (κ1) is 8.88. The Labute approximate surface area is 82.9 Å². The second-order valence-electron chi connectivity index (χ2n) is 3.34. The highest BCUT2D eigenvalue weighted by molar-refractivity contribution is 5.92. The Balaban J connectivity index is 2.81. The van der Waals surface area contributed by atoms with Crippen molar-refractivity contribution in [1.82, 2.24) is 4.98 Å². The monoisotopic (exact) mass is 187 g/mol. The van der Waals surface area contributed by atoms with Crippen LogP contribution in [0.3, 0.4) is 0 Å². The number of benzene rings is 1. The second kappa shape index (κ2) is 3.22. The Morgan fingerprint density at radius 1 is 1.36 bits per heavy atom. The van der Waals surface area contributed by atoms with E-state index in [1.54, 1.807) is 6.08 Å². The summed E-state index contributed by atoms with van der Waals surface area (Å²) in [4.78, 5) is 3.24. The highest BCUT2D eigenvalue weighted by Gasteiger charge is 2.09. The normalized spacial score (nSPS) is 12.3. The molecule has 0 aliphatic carbocycles. The number of aromatic amines is 1.